The SMILES string of the molecule is CPOc1cc(C(F)(F)F)ccc1O[C@H]1CCNC[C@@H]1C. The highest BCUT2D eigenvalue weighted by Gasteiger charge is 2.32. The van der Waals surface area contributed by atoms with Gasteiger partial charge in [-0.2, -0.15) is 13.2 Å². The molecule has 0 spiro atoms. The quantitative estimate of drug-likeness (QED) is 0.858. The maximum atomic E-state index is 12.8. The Morgan fingerprint density at radius 3 is 2.67 bits per heavy atom. The summed E-state index contributed by atoms with van der Waals surface area (Å²) in [6, 6.07) is 3.40. The fourth-order valence-corrected chi connectivity index (χ4v) is 2.68. The van der Waals surface area contributed by atoms with Gasteiger partial charge in [0.25, 0.3) is 0 Å². The second kappa shape index (κ2) is 6.84. The first-order valence-electron chi connectivity index (χ1n) is 6.84. The molecule has 0 saturated carbocycles. The summed E-state index contributed by atoms with van der Waals surface area (Å²) in [5.41, 5.74) is -0.721. The minimum Gasteiger partial charge on any atom is -0.486 e. The van der Waals surface area contributed by atoms with Gasteiger partial charge >= 0.3 is 6.18 Å². The van der Waals surface area contributed by atoms with Gasteiger partial charge in [0.2, 0.25) is 0 Å². The number of piperidine rings is 1. The Balaban J connectivity index is 2.21. The minimum atomic E-state index is -4.38. The Morgan fingerprint density at radius 2 is 2.05 bits per heavy atom. The van der Waals surface area contributed by atoms with E-state index in [1.54, 1.807) is 6.66 Å². The van der Waals surface area contributed by atoms with Crippen molar-refractivity contribution in [3.8, 4) is 11.5 Å². The van der Waals surface area contributed by atoms with Crippen molar-refractivity contribution in [2.45, 2.75) is 25.6 Å². The van der Waals surface area contributed by atoms with E-state index < -0.39 is 11.7 Å². The van der Waals surface area contributed by atoms with Crippen LogP contribution >= 0.6 is 8.81 Å². The number of alkyl halides is 3. The minimum absolute atomic E-state index is 0.00877. The van der Waals surface area contributed by atoms with Gasteiger partial charge in [-0.15, -0.1) is 0 Å². The molecule has 118 valence electrons. The molecule has 1 heterocycles. The number of rotatable bonds is 4. The summed E-state index contributed by atoms with van der Waals surface area (Å²) in [4.78, 5) is 0. The molecule has 1 saturated heterocycles. The lowest BCUT2D eigenvalue weighted by Gasteiger charge is -2.30. The molecule has 0 aliphatic carbocycles. The Hall–Kier alpha value is -1.00. The standard InChI is InChI=1S/C14H19F3NO2P/c1-9-8-18-6-5-11(9)19-12-4-3-10(14(15,16)17)7-13(12)20-21-2/h3-4,7,9,11,18,21H,5-6,8H2,1-2H3/t9-,11-/m0/s1. The topological polar surface area (TPSA) is 30.5 Å². The molecule has 7 heteroatoms. The van der Waals surface area contributed by atoms with Crippen molar-refractivity contribution in [2.75, 3.05) is 19.8 Å². The van der Waals surface area contributed by atoms with Gasteiger partial charge < -0.3 is 14.6 Å². The molecule has 3 nitrogen and oxygen atoms in total. The Bertz CT molecular complexity index is 482. The van der Waals surface area contributed by atoms with Crippen molar-refractivity contribution in [1.82, 2.24) is 5.32 Å². The summed E-state index contributed by atoms with van der Waals surface area (Å²) < 4.78 is 49.5. The average molecular weight is 321 g/mol. The van der Waals surface area contributed by atoms with E-state index in [1.165, 1.54) is 6.07 Å². The molecule has 21 heavy (non-hydrogen) atoms. The van der Waals surface area contributed by atoms with Crippen LogP contribution in [0.25, 0.3) is 0 Å². The van der Waals surface area contributed by atoms with Gasteiger partial charge in [0.15, 0.2) is 11.5 Å². The van der Waals surface area contributed by atoms with Crippen molar-refractivity contribution in [2.24, 2.45) is 5.92 Å². The van der Waals surface area contributed by atoms with Gasteiger partial charge in [0, 0.05) is 12.5 Å². The van der Waals surface area contributed by atoms with Crippen LogP contribution in [0.4, 0.5) is 13.2 Å². The third-order valence-corrected chi connectivity index (χ3v) is 3.89. The normalized spacial score (nSPS) is 23.5. The largest absolute Gasteiger partial charge is 0.486 e. The molecule has 1 aromatic carbocycles. The highest BCUT2D eigenvalue weighted by Crippen LogP contribution is 2.39. The molecule has 3 atom stereocenters. The molecule has 0 radical (unpaired) electrons. The van der Waals surface area contributed by atoms with Gasteiger partial charge in [-0.25, -0.2) is 0 Å². The van der Waals surface area contributed by atoms with Crippen LogP contribution in [-0.4, -0.2) is 25.9 Å². The first kappa shape index (κ1) is 16.4. The fraction of sp³-hybridized carbons (Fsp3) is 0.571. The lowest BCUT2D eigenvalue weighted by molar-refractivity contribution is -0.137. The van der Waals surface area contributed by atoms with Crippen LogP contribution in [0, 0.1) is 5.92 Å². The average Bonchev–Trinajstić information content (AvgIpc) is 2.42. The smallest absolute Gasteiger partial charge is 0.416 e. The highest BCUT2D eigenvalue weighted by molar-refractivity contribution is 7.31. The molecule has 1 aromatic rings. The number of benzene rings is 1. The van der Waals surface area contributed by atoms with Crippen molar-refractivity contribution >= 4 is 8.81 Å². The zero-order chi connectivity index (χ0) is 15.5. The maximum absolute atomic E-state index is 12.8. The van der Waals surface area contributed by atoms with Crippen LogP contribution < -0.4 is 14.6 Å². The molecule has 1 fully saturated rings. The lowest BCUT2D eigenvalue weighted by atomic mass is 9.98. The van der Waals surface area contributed by atoms with Crippen LogP contribution in [0.2, 0.25) is 0 Å². The van der Waals surface area contributed by atoms with E-state index in [1.807, 2.05) is 0 Å². The van der Waals surface area contributed by atoms with Gasteiger partial charge in [0.1, 0.15) is 6.10 Å². The molecule has 2 rings (SSSR count). The van der Waals surface area contributed by atoms with Gasteiger partial charge in [-0.05, 0) is 37.8 Å². The van der Waals surface area contributed by atoms with E-state index in [0.29, 0.717) is 11.7 Å². The van der Waals surface area contributed by atoms with Crippen LogP contribution in [0.5, 0.6) is 11.5 Å². The third kappa shape index (κ3) is 4.24. The number of halogens is 3. The van der Waals surface area contributed by atoms with Crippen LogP contribution in [0.1, 0.15) is 18.9 Å². The second-order valence-corrected chi connectivity index (χ2v) is 5.70. The summed E-state index contributed by atoms with van der Waals surface area (Å²) in [6.45, 7) is 5.51. The molecule has 0 amide bonds. The third-order valence-electron chi connectivity index (χ3n) is 3.47. The molecule has 0 bridgehead atoms. The maximum Gasteiger partial charge on any atom is 0.416 e. The highest BCUT2D eigenvalue weighted by atomic mass is 31.1. The summed E-state index contributed by atoms with van der Waals surface area (Å²) in [6.07, 6.45) is -3.56. The van der Waals surface area contributed by atoms with Gasteiger partial charge in [-0.1, -0.05) is 6.92 Å². The number of nitrogens with one attached hydrogen (secondary N) is 1. The predicted molar refractivity (Wildman–Crippen MR) is 77.4 cm³/mol. The Labute approximate surface area is 124 Å². The van der Waals surface area contributed by atoms with Crippen molar-refractivity contribution in [1.29, 1.82) is 0 Å². The van der Waals surface area contributed by atoms with Crippen LogP contribution in [0.3, 0.4) is 0 Å². The van der Waals surface area contributed by atoms with Gasteiger partial charge in [-0.3, -0.25) is 0 Å². The molecular formula is C14H19F3NO2P. The number of hydrogen-bond donors (Lipinski definition) is 1. The molecule has 1 N–H and O–H groups in total. The number of hydrogen-bond acceptors (Lipinski definition) is 3. The van der Waals surface area contributed by atoms with E-state index >= 15 is 0 Å². The first-order valence-corrected chi connectivity index (χ1v) is 8.25. The summed E-state index contributed by atoms with van der Waals surface area (Å²) >= 11 is 0. The van der Waals surface area contributed by atoms with E-state index in [9.17, 15) is 13.2 Å². The molecular weight excluding hydrogens is 302 g/mol. The monoisotopic (exact) mass is 321 g/mol. The Morgan fingerprint density at radius 1 is 1.29 bits per heavy atom. The zero-order valence-corrected chi connectivity index (χ0v) is 13.0. The molecule has 1 aliphatic heterocycles. The van der Waals surface area contributed by atoms with Crippen molar-refractivity contribution < 1.29 is 22.4 Å². The molecule has 0 aromatic heterocycles. The van der Waals surface area contributed by atoms with E-state index in [-0.39, 0.29) is 20.7 Å². The molecule has 1 unspecified atom stereocenters. The zero-order valence-electron chi connectivity index (χ0n) is 12.0. The van der Waals surface area contributed by atoms with E-state index in [4.69, 9.17) is 9.26 Å². The van der Waals surface area contributed by atoms with Crippen LogP contribution in [0.15, 0.2) is 18.2 Å². The summed E-state index contributed by atoms with van der Waals surface area (Å²) in [5, 5.41) is 3.26. The summed E-state index contributed by atoms with van der Waals surface area (Å²) in [7, 11) is 0.0577. The van der Waals surface area contributed by atoms with E-state index in [0.717, 1.165) is 31.6 Å². The lowest BCUT2D eigenvalue weighted by Crippen LogP contribution is -2.41. The Kier molecular flexibility index (Phi) is 5.33. The first-order chi connectivity index (χ1) is 9.91. The molecule has 1 aliphatic rings. The van der Waals surface area contributed by atoms with Crippen molar-refractivity contribution in [3.05, 3.63) is 23.8 Å². The second-order valence-electron chi connectivity index (χ2n) is 5.09. The summed E-state index contributed by atoms with van der Waals surface area (Å²) in [5.74, 6) is 0.852. The number of ether oxygens (including phenoxy) is 1. The predicted octanol–water partition coefficient (Wildman–Crippen LogP) is 3.68. The fourth-order valence-electron chi connectivity index (χ4n) is 2.30. The van der Waals surface area contributed by atoms with Gasteiger partial charge in [0.05, 0.1) is 14.4 Å². The van der Waals surface area contributed by atoms with Crippen molar-refractivity contribution in [3.63, 3.8) is 0 Å². The van der Waals surface area contributed by atoms with E-state index in [2.05, 4.69) is 12.2 Å². The van der Waals surface area contributed by atoms with Crippen LogP contribution in [-0.2, 0) is 6.18 Å².